The molecule has 1 saturated carbocycles. The van der Waals surface area contributed by atoms with Gasteiger partial charge in [-0.3, -0.25) is 4.79 Å². The van der Waals surface area contributed by atoms with Crippen LogP contribution in [0.15, 0.2) is 0 Å². The molecule has 5 heteroatoms. The second kappa shape index (κ2) is 5.86. The van der Waals surface area contributed by atoms with Crippen LogP contribution in [0.3, 0.4) is 0 Å². The maximum atomic E-state index is 13.0. The molecule has 2 rings (SSSR count). The number of hydrogen-bond acceptors (Lipinski definition) is 4. The van der Waals surface area contributed by atoms with Gasteiger partial charge in [0.25, 0.3) is 0 Å². The zero-order valence-electron chi connectivity index (χ0n) is 14.2. The van der Waals surface area contributed by atoms with Crippen molar-refractivity contribution in [2.45, 2.75) is 45.3 Å². The molecule has 1 heterocycles. The van der Waals surface area contributed by atoms with Crippen LogP contribution >= 0.6 is 0 Å². The summed E-state index contributed by atoms with van der Waals surface area (Å²) in [6, 6.07) is 0. The lowest BCUT2D eigenvalue weighted by atomic mass is 9.47. The highest BCUT2D eigenvalue weighted by Gasteiger charge is 2.71. The van der Waals surface area contributed by atoms with E-state index in [-0.39, 0.29) is 23.3 Å². The molecule has 0 aromatic rings. The molecule has 122 valence electrons. The fourth-order valence-corrected chi connectivity index (χ4v) is 4.06. The number of rotatable bonds is 6. The Kier molecular flexibility index (Phi) is 4.66. The van der Waals surface area contributed by atoms with Gasteiger partial charge in [-0.25, -0.2) is 0 Å². The van der Waals surface area contributed by atoms with Crippen LogP contribution in [0.5, 0.6) is 0 Å². The van der Waals surface area contributed by atoms with Gasteiger partial charge in [-0.15, -0.1) is 0 Å². The Morgan fingerprint density at radius 3 is 2.57 bits per heavy atom. The normalized spacial score (nSPS) is 33.7. The predicted octanol–water partition coefficient (Wildman–Crippen LogP) is 0.929. The number of likely N-dealkylation sites (N-methyl/N-ethyl adjacent to an activating group) is 1. The van der Waals surface area contributed by atoms with Crippen LogP contribution in [0.1, 0.15) is 33.6 Å². The van der Waals surface area contributed by atoms with Crippen molar-refractivity contribution in [3.8, 4) is 0 Å². The molecule has 1 aliphatic heterocycles. The van der Waals surface area contributed by atoms with Crippen molar-refractivity contribution in [2.75, 3.05) is 40.3 Å². The summed E-state index contributed by atoms with van der Waals surface area (Å²) in [5, 5.41) is 0. The molecule has 0 bridgehead atoms. The summed E-state index contributed by atoms with van der Waals surface area (Å²) in [5.41, 5.74) is 5.60. The van der Waals surface area contributed by atoms with Crippen LogP contribution in [0.25, 0.3) is 0 Å². The van der Waals surface area contributed by atoms with E-state index in [4.69, 9.17) is 10.5 Å². The summed E-state index contributed by atoms with van der Waals surface area (Å²) in [6.45, 7) is 9.40. The molecule has 21 heavy (non-hydrogen) atoms. The van der Waals surface area contributed by atoms with Gasteiger partial charge < -0.3 is 20.3 Å². The first kappa shape index (κ1) is 16.7. The van der Waals surface area contributed by atoms with Gasteiger partial charge in [0.15, 0.2) is 0 Å². The van der Waals surface area contributed by atoms with Crippen LogP contribution < -0.4 is 5.73 Å². The van der Waals surface area contributed by atoms with Crippen molar-refractivity contribution < 1.29 is 9.53 Å². The summed E-state index contributed by atoms with van der Waals surface area (Å²) < 4.78 is 5.78. The molecule has 2 aliphatic rings. The van der Waals surface area contributed by atoms with Crippen molar-refractivity contribution in [1.82, 2.24) is 9.80 Å². The minimum atomic E-state index is -0.762. The number of fused-ring (bicyclic) bond motifs is 1. The highest BCUT2D eigenvalue weighted by atomic mass is 16.5. The molecule has 2 fully saturated rings. The lowest BCUT2D eigenvalue weighted by Gasteiger charge is -2.61. The molecule has 3 unspecified atom stereocenters. The summed E-state index contributed by atoms with van der Waals surface area (Å²) >= 11 is 0. The van der Waals surface area contributed by atoms with Crippen molar-refractivity contribution in [1.29, 1.82) is 0 Å². The molecular weight excluding hydrogens is 266 g/mol. The van der Waals surface area contributed by atoms with E-state index < -0.39 is 5.54 Å². The van der Waals surface area contributed by atoms with Crippen molar-refractivity contribution in [3.05, 3.63) is 0 Å². The van der Waals surface area contributed by atoms with E-state index in [2.05, 4.69) is 32.8 Å². The summed E-state index contributed by atoms with van der Waals surface area (Å²) in [4.78, 5) is 17.1. The number of amides is 1. The average Bonchev–Trinajstić information content (AvgIpc) is 2.90. The molecule has 3 atom stereocenters. The predicted molar refractivity (Wildman–Crippen MR) is 84.0 cm³/mol. The van der Waals surface area contributed by atoms with E-state index in [0.29, 0.717) is 0 Å². The third kappa shape index (κ3) is 2.49. The highest BCUT2D eigenvalue weighted by Crippen LogP contribution is 2.58. The Bertz CT molecular complexity index is 397. The molecule has 0 aromatic heterocycles. The Hall–Kier alpha value is -0.650. The molecule has 0 aromatic carbocycles. The van der Waals surface area contributed by atoms with Crippen LogP contribution in [-0.4, -0.2) is 67.7 Å². The summed E-state index contributed by atoms with van der Waals surface area (Å²) in [7, 11) is 4.11. The topological polar surface area (TPSA) is 58.8 Å². The zero-order valence-corrected chi connectivity index (χ0v) is 14.2. The first-order valence-electron chi connectivity index (χ1n) is 8.11. The molecular formula is C16H31N3O2. The van der Waals surface area contributed by atoms with E-state index in [1.807, 2.05) is 11.8 Å². The first-order valence-corrected chi connectivity index (χ1v) is 8.11. The van der Waals surface area contributed by atoms with E-state index in [1.54, 1.807) is 0 Å². The van der Waals surface area contributed by atoms with E-state index in [1.165, 1.54) is 0 Å². The average molecular weight is 297 g/mol. The molecule has 1 saturated heterocycles. The van der Waals surface area contributed by atoms with Crippen molar-refractivity contribution in [2.24, 2.45) is 17.1 Å². The Labute approximate surface area is 128 Å². The van der Waals surface area contributed by atoms with Crippen LogP contribution in [0.4, 0.5) is 0 Å². The van der Waals surface area contributed by atoms with Gasteiger partial charge in [-0.05, 0) is 40.4 Å². The lowest BCUT2D eigenvalue weighted by molar-refractivity contribution is -0.184. The number of hydrogen-bond donors (Lipinski definition) is 1. The first-order chi connectivity index (χ1) is 9.76. The fraction of sp³-hybridized carbons (Fsp3) is 0.938. The van der Waals surface area contributed by atoms with Gasteiger partial charge in [0.05, 0.1) is 6.10 Å². The minimum Gasteiger partial charge on any atom is -0.377 e. The number of nitrogens with two attached hydrogens (primary N) is 1. The number of ether oxygens (including phenoxy) is 1. The van der Waals surface area contributed by atoms with Gasteiger partial charge in [-0.1, -0.05) is 13.8 Å². The van der Waals surface area contributed by atoms with Crippen LogP contribution in [0.2, 0.25) is 0 Å². The maximum Gasteiger partial charge on any atom is 0.243 e. The van der Waals surface area contributed by atoms with Gasteiger partial charge in [-0.2, -0.15) is 0 Å². The van der Waals surface area contributed by atoms with E-state index >= 15 is 0 Å². The van der Waals surface area contributed by atoms with Crippen LogP contribution in [0, 0.1) is 11.3 Å². The number of carbonyl (C=O) groups excluding carboxylic acids is 1. The third-order valence-electron chi connectivity index (χ3n) is 5.51. The zero-order chi connectivity index (χ0) is 15.8. The Morgan fingerprint density at radius 1 is 1.33 bits per heavy atom. The monoisotopic (exact) mass is 297 g/mol. The molecule has 0 spiro atoms. The van der Waals surface area contributed by atoms with Crippen LogP contribution in [-0.2, 0) is 9.53 Å². The lowest BCUT2D eigenvalue weighted by Crippen LogP contribution is -2.80. The Morgan fingerprint density at radius 2 is 2.00 bits per heavy atom. The van der Waals surface area contributed by atoms with Gasteiger partial charge in [0.1, 0.15) is 5.54 Å². The molecule has 5 nitrogen and oxygen atoms in total. The molecule has 1 amide bonds. The summed E-state index contributed by atoms with van der Waals surface area (Å²) in [5.74, 6) is 0.295. The second-order valence-electron chi connectivity index (χ2n) is 7.32. The smallest absolute Gasteiger partial charge is 0.243 e. The van der Waals surface area contributed by atoms with E-state index in [0.717, 1.165) is 39.1 Å². The van der Waals surface area contributed by atoms with Gasteiger partial charge >= 0.3 is 0 Å². The number of carbonyl (C=O) groups is 1. The Balaban J connectivity index is 2.06. The SMILES string of the molecule is CCN(CCCN(C)C)C(=O)C1(N)C2CCOC2C1(C)C. The van der Waals surface area contributed by atoms with Gasteiger partial charge in [0.2, 0.25) is 5.91 Å². The largest absolute Gasteiger partial charge is 0.377 e. The third-order valence-corrected chi connectivity index (χ3v) is 5.51. The fourth-order valence-electron chi connectivity index (χ4n) is 4.06. The van der Waals surface area contributed by atoms with Gasteiger partial charge in [0, 0.05) is 31.0 Å². The minimum absolute atomic E-state index is 0.112. The van der Waals surface area contributed by atoms with Crippen molar-refractivity contribution in [3.63, 3.8) is 0 Å². The van der Waals surface area contributed by atoms with Crippen molar-refractivity contribution >= 4 is 5.91 Å². The molecule has 1 aliphatic carbocycles. The number of nitrogens with zero attached hydrogens (tertiary/aromatic N) is 2. The standard InChI is InChI=1S/C16H31N3O2/c1-6-19(10-7-9-18(4)5)14(20)16(17)12-8-11-21-13(12)15(16,2)3/h12-13H,6-11,17H2,1-5H3. The van der Waals surface area contributed by atoms with E-state index in [9.17, 15) is 4.79 Å². The maximum absolute atomic E-state index is 13.0. The second-order valence-corrected chi connectivity index (χ2v) is 7.32. The molecule has 2 N–H and O–H groups in total. The summed E-state index contributed by atoms with van der Waals surface area (Å²) in [6.07, 6.45) is 2.03. The quantitative estimate of drug-likeness (QED) is 0.792. The highest BCUT2D eigenvalue weighted by molar-refractivity contribution is 5.89. The molecule has 0 radical (unpaired) electrons.